The van der Waals surface area contributed by atoms with Crippen molar-refractivity contribution in [3.8, 4) is 0 Å². The smallest absolute Gasteiger partial charge is 0.227 e. The molecule has 0 unspecified atom stereocenters. The predicted octanol–water partition coefficient (Wildman–Crippen LogP) is 1.53. The number of carbonyl (C=O) groups is 1. The van der Waals surface area contributed by atoms with Crippen LogP contribution in [0, 0.1) is 5.82 Å². The van der Waals surface area contributed by atoms with Crippen molar-refractivity contribution < 1.29 is 9.18 Å². The van der Waals surface area contributed by atoms with Gasteiger partial charge in [-0.1, -0.05) is 19.1 Å². The van der Waals surface area contributed by atoms with E-state index in [9.17, 15) is 9.18 Å². The molecule has 4 heteroatoms. The molecule has 1 heterocycles. The van der Waals surface area contributed by atoms with Crippen LogP contribution < -0.4 is 0 Å². The van der Waals surface area contributed by atoms with Crippen LogP contribution >= 0.6 is 0 Å². The number of nitrogens with zero attached hydrogens (tertiary/aromatic N) is 2. The fourth-order valence-corrected chi connectivity index (χ4v) is 2.20. The summed E-state index contributed by atoms with van der Waals surface area (Å²) in [6.45, 7) is 6.68. The Morgan fingerprint density at radius 2 is 1.78 bits per heavy atom. The van der Waals surface area contributed by atoms with E-state index in [-0.39, 0.29) is 11.7 Å². The molecule has 0 radical (unpaired) electrons. The van der Waals surface area contributed by atoms with Crippen LogP contribution in [0.4, 0.5) is 4.39 Å². The fraction of sp³-hybridized carbons (Fsp3) is 0.500. The van der Waals surface area contributed by atoms with Gasteiger partial charge in [-0.15, -0.1) is 0 Å². The lowest BCUT2D eigenvalue weighted by Crippen LogP contribution is -2.48. The maximum absolute atomic E-state index is 12.8. The molecule has 1 saturated heterocycles. The molecular weight excluding hydrogens is 231 g/mol. The Labute approximate surface area is 107 Å². The van der Waals surface area contributed by atoms with Crippen molar-refractivity contribution in [3.63, 3.8) is 0 Å². The van der Waals surface area contributed by atoms with Gasteiger partial charge in [0.2, 0.25) is 5.91 Å². The highest BCUT2D eigenvalue weighted by molar-refractivity contribution is 5.78. The highest BCUT2D eigenvalue weighted by Crippen LogP contribution is 2.08. The second-order valence-electron chi connectivity index (χ2n) is 4.62. The molecule has 0 aromatic heterocycles. The average Bonchev–Trinajstić information content (AvgIpc) is 2.41. The van der Waals surface area contributed by atoms with Crippen molar-refractivity contribution in [2.45, 2.75) is 13.3 Å². The first-order valence-electron chi connectivity index (χ1n) is 6.43. The zero-order chi connectivity index (χ0) is 13.0. The third-order valence-electron chi connectivity index (χ3n) is 3.44. The quantitative estimate of drug-likeness (QED) is 0.812. The predicted molar refractivity (Wildman–Crippen MR) is 68.8 cm³/mol. The molecule has 0 spiro atoms. The van der Waals surface area contributed by atoms with Crippen molar-refractivity contribution in [3.05, 3.63) is 35.6 Å². The molecular formula is C14H19FN2O. The largest absolute Gasteiger partial charge is 0.340 e. The lowest BCUT2D eigenvalue weighted by Gasteiger charge is -2.34. The van der Waals surface area contributed by atoms with Gasteiger partial charge in [-0.25, -0.2) is 4.39 Å². The first-order valence-corrected chi connectivity index (χ1v) is 6.43. The van der Waals surface area contributed by atoms with E-state index in [0.29, 0.717) is 6.42 Å². The Morgan fingerprint density at radius 3 is 2.33 bits per heavy atom. The molecule has 3 nitrogen and oxygen atoms in total. The molecule has 18 heavy (non-hydrogen) atoms. The van der Waals surface area contributed by atoms with Crippen LogP contribution in [0.1, 0.15) is 12.5 Å². The molecule has 0 bridgehead atoms. The van der Waals surface area contributed by atoms with Gasteiger partial charge in [-0.3, -0.25) is 4.79 Å². The number of hydrogen-bond acceptors (Lipinski definition) is 2. The number of halogens is 1. The van der Waals surface area contributed by atoms with Crippen molar-refractivity contribution in [1.82, 2.24) is 9.80 Å². The van der Waals surface area contributed by atoms with Crippen molar-refractivity contribution in [2.75, 3.05) is 32.7 Å². The molecule has 1 aromatic carbocycles. The van der Waals surface area contributed by atoms with Gasteiger partial charge >= 0.3 is 0 Å². The monoisotopic (exact) mass is 250 g/mol. The van der Waals surface area contributed by atoms with E-state index in [0.717, 1.165) is 38.3 Å². The van der Waals surface area contributed by atoms with Gasteiger partial charge < -0.3 is 9.80 Å². The molecule has 1 fully saturated rings. The van der Waals surface area contributed by atoms with Crippen molar-refractivity contribution in [2.24, 2.45) is 0 Å². The maximum atomic E-state index is 12.8. The second kappa shape index (κ2) is 5.96. The highest BCUT2D eigenvalue weighted by Gasteiger charge is 2.19. The lowest BCUT2D eigenvalue weighted by molar-refractivity contribution is -0.132. The van der Waals surface area contributed by atoms with Gasteiger partial charge in [-0.05, 0) is 24.2 Å². The number of benzene rings is 1. The summed E-state index contributed by atoms with van der Waals surface area (Å²) in [6, 6.07) is 6.15. The molecule has 1 amide bonds. The fourth-order valence-electron chi connectivity index (χ4n) is 2.20. The van der Waals surface area contributed by atoms with Crippen LogP contribution in [0.5, 0.6) is 0 Å². The van der Waals surface area contributed by atoms with Crippen molar-refractivity contribution in [1.29, 1.82) is 0 Å². The van der Waals surface area contributed by atoms with E-state index in [2.05, 4.69) is 11.8 Å². The molecule has 2 rings (SSSR count). The summed E-state index contributed by atoms with van der Waals surface area (Å²) in [5.74, 6) is -0.125. The van der Waals surface area contributed by atoms with Gasteiger partial charge in [0.25, 0.3) is 0 Å². The first-order chi connectivity index (χ1) is 8.69. The summed E-state index contributed by atoms with van der Waals surface area (Å²) in [5, 5.41) is 0. The van der Waals surface area contributed by atoms with Gasteiger partial charge in [0.15, 0.2) is 0 Å². The van der Waals surface area contributed by atoms with E-state index < -0.39 is 0 Å². The third-order valence-corrected chi connectivity index (χ3v) is 3.44. The summed E-state index contributed by atoms with van der Waals surface area (Å²) in [5.41, 5.74) is 0.874. The third kappa shape index (κ3) is 3.29. The number of likely N-dealkylation sites (N-methyl/N-ethyl adjacent to an activating group) is 1. The Morgan fingerprint density at radius 1 is 1.17 bits per heavy atom. The van der Waals surface area contributed by atoms with Crippen molar-refractivity contribution >= 4 is 5.91 Å². The summed E-state index contributed by atoms with van der Waals surface area (Å²) >= 11 is 0. The summed E-state index contributed by atoms with van der Waals surface area (Å²) in [7, 11) is 0. The van der Waals surface area contributed by atoms with Crippen LogP contribution in [-0.2, 0) is 11.2 Å². The van der Waals surface area contributed by atoms with Crippen LogP contribution in [-0.4, -0.2) is 48.4 Å². The molecule has 1 aliphatic heterocycles. The Bertz CT molecular complexity index is 397. The molecule has 1 aromatic rings. The van der Waals surface area contributed by atoms with E-state index in [1.807, 2.05) is 4.90 Å². The Kier molecular flexibility index (Phi) is 4.31. The molecule has 98 valence electrons. The zero-order valence-electron chi connectivity index (χ0n) is 10.7. The van der Waals surface area contributed by atoms with E-state index in [1.165, 1.54) is 12.1 Å². The van der Waals surface area contributed by atoms with Gasteiger partial charge in [-0.2, -0.15) is 0 Å². The number of amides is 1. The SMILES string of the molecule is CCN1CCN(C(=O)Cc2ccc(F)cc2)CC1. The molecule has 0 saturated carbocycles. The first kappa shape index (κ1) is 13.0. The van der Waals surface area contributed by atoms with Gasteiger partial charge in [0.1, 0.15) is 5.82 Å². The standard InChI is InChI=1S/C14H19FN2O/c1-2-16-7-9-17(10-8-16)14(18)11-12-3-5-13(15)6-4-12/h3-6H,2,7-11H2,1H3. The molecule has 1 aliphatic rings. The topological polar surface area (TPSA) is 23.6 Å². The average molecular weight is 250 g/mol. The molecule has 0 aliphatic carbocycles. The van der Waals surface area contributed by atoms with Crippen LogP contribution in [0.15, 0.2) is 24.3 Å². The van der Waals surface area contributed by atoms with Crippen LogP contribution in [0.2, 0.25) is 0 Å². The Balaban J connectivity index is 1.87. The number of piperazine rings is 1. The van der Waals surface area contributed by atoms with Gasteiger partial charge in [0.05, 0.1) is 6.42 Å². The normalized spacial score (nSPS) is 16.9. The van der Waals surface area contributed by atoms with Crippen LogP contribution in [0.3, 0.4) is 0 Å². The zero-order valence-corrected chi connectivity index (χ0v) is 10.7. The van der Waals surface area contributed by atoms with E-state index in [4.69, 9.17) is 0 Å². The second-order valence-corrected chi connectivity index (χ2v) is 4.62. The minimum Gasteiger partial charge on any atom is -0.340 e. The molecule has 0 atom stereocenters. The maximum Gasteiger partial charge on any atom is 0.227 e. The lowest BCUT2D eigenvalue weighted by atomic mass is 10.1. The van der Waals surface area contributed by atoms with E-state index in [1.54, 1.807) is 12.1 Å². The minimum absolute atomic E-state index is 0.136. The highest BCUT2D eigenvalue weighted by atomic mass is 19.1. The minimum atomic E-state index is -0.261. The van der Waals surface area contributed by atoms with Gasteiger partial charge in [0, 0.05) is 26.2 Å². The molecule has 0 N–H and O–H groups in total. The Hall–Kier alpha value is -1.42. The number of rotatable bonds is 3. The summed E-state index contributed by atoms with van der Waals surface area (Å²) < 4.78 is 12.8. The summed E-state index contributed by atoms with van der Waals surface area (Å²) in [4.78, 5) is 16.3. The number of carbonyl (C=O) groups excluding carboxylic acids is 1. The van der Waals surface area contributed by atoms with E-state index >= 15 is 0 Å². The number of hydrogen-bond donors (Lipinski definition) is 0. The van der Waals surface area contributed by atoms with Crippen LogP contribution in [0.25, 0.3) is 0 Å². The summed E-state index contributed by atoms with van der Waals surface area (Å²) in [6.07, 6.45) is 0.367.